The highest BCUT2D eigenvalue weighted by atomic mass is 32.2. The Labute approximate surface area is 139 Å². The molecule has 3 heterocycles. The number of aliphatic hydroxyl groups is 1. The molecule has 0 bridgehead atoms. The monoisotopic (exact) mass is 336 g/mol. The number of thioether (sulfide) groups is 1. The van der Waals surface area contributed by atoms with E-state index in [0.29, 0.717) is 24.5 Å². The Kier molecular flexibility index (Phi) is 4.72. The van der Waals surface area contributed by atoms with Gasteiger partial charge in [0.1, 0.15) is 5.69 Å². The molecule has 1 aliphatic rings. The van der Waals surface area contributed by atoms with E-state index in [1.165, 1.54) is 0 Å². The Morgan fingerprint density at radius 1 is 1.39 bits per heavy atom. The van der Waals surface area contributed by atoms with Gasteiger partial charge in [-0.3, -0.25) is 4.98 Å². The topological polar surface area (TPSA) is 82.3 Å². The molecule has 1 fully saturated rings. The van der Waals surface area contributed by atoms with Crippen molar-refractivity contribution >= 4 is 11.8 Å². The number of aromatic nitrogens is 4. The van der Waals surface area contributed by atoms with Crippen LogP contribution in [0.15, 0.2) is 18.5 Å². The lowest BCUT2D eigenvalue weighted by Gasteiger charge is -2.18. The summed E-state index contributed by atoms with van der Waals surface area (Å²) in [5, 5.41) is 18.7. The van der Waals surface area contributed by atoms with E-state index < -0.39 is 5.60 Å². The third-order valence-corrected chi connectivity index (χ3v) is 5.09. The molecule has 1 unspecified atom stereocenters. The van der Waals surface area contributed by atoms with Gasteiger partial charge in [-0.05, 0) is 12.2 Å². The molecule has 1 atom stereocenters. The molecule has 23 heavy (non-hydrogen) atoms. The van der Waals surface area contributed by atoms with E-state index in [-0.39, 0.29) is 0 Å². The highest BCUT2D eigenvalue weighted by molar-refractivity contribution is 7.99. The first-order valence-electron chi connectivity index (χ1n) is 7.38. The summed E-state index contributed by atoms with van der Waals surface area (Å²) in [6.45, 7) is 0.431. The molecule has 0 spiro atoms. The van der Waals surface area contributed by atoms with Crippen LogP contribution in [0.3, 0.4) is 0 Å². The summed E-state index contributed by atoms with van der Waals surface area (Å²) < 4.78 is 12.4. The Hall–Kier alpha value is -1.80. The van der Waals surface area contributed by atoms with Crippen LogP contribution in [0.5, 0.6) is 11.5 Å². The molecular weight excluding hydrogens is 316 g/mol. The number of hydrogen-bond donors (Lipinski definition) is 1. The van der Waals surface area contributed by atoms with E-state index in [4.69, 9.17) is 9.47 Å². The minimum Gasteiger partial charge on any atom is -0.493 e. The Bertz CT molecular complexity index is 670. The molecule has 0 amide bonds. The average molecular weight is 336 g/mol. The normalized spacial score (nSPS) is 20.7. The molecule has 1 aliphatic heterocycles. The molecule has 8 heteroatoms. The van der Waals surface area contributed by atoms with Crippen molar-refractivity contribution in [3.8, 4) is 11.5 Å². The van der Waals surface area contributed by atoms with Gasteiger partial charge in [0.15, 0.2) is 11.5 Å². The van der Waals surface area contributed by atoms with Crippen LogP contribution in [0.4, 0.5) is 0 Å². The Morgan fingerprint density at radius 3 is 2.96 bits per heavy atom. The maximum Gasteiger partial charge on any atom is 0.184 e. The van der Waals surface area contributed by atoms with Gasteiger partial charge in [-0.25, -0.2) is 4.68 Å². The summed E-state index contributed by atoms with van der Waals surface area (Å²) in [7, 11) is 3.18. The van der Waals surface area contributed by atoms with Gasteiger partial charge in [0.05, 0.1) is 32.1 Å². The molecule has 0 saturated carbocycles. The molecule has 2 aromatic heterocycles. The molecular formula is C15H20N4O3S. The molecule has 2 aromatic rings. The van der Waals surface area contributed by atoms with E-state index in [9.17, 15) is 5.11 Å². The summed E-state index contributed by atoms with van der Waals surface area (Å²) in [4.78, 5) is 4.33. The van der Waals surface area contributed by atoms with E-state index >= 15 is 0 Å². The Balaban J connectivity index is 1.74. The van der Waals surface area contributed by atoms with Gasteiger partial charge in [0.2, 0.25) is 0 Å². The maximum atomic E-state index is 10.4. The van der Waals surface area contributed by atoms with Crippen LogP contribution in [0.1, 0.15) is 17.8 Å². The smallest absolute Gasteiger partial charge is 0.184 e. The highest BCUT2D eigenvalue weighted by Crippen LogP contribution is 2.31. The van der Waals surface area contributed by atoms with Crippen molar-refractivity contribution in [2.75, 3.05) is 25.7 Å². The second-order valence-electron chi connectivity index (χ2n) is 5.60. The van der Waals surface area contributed by atoms with Crippen molar-refractivity contribution in [3.63, 3.8) is 0 Å². The largest absolute Gasteiger partial charge is 0.493 e. The average Bonchev–Trinajstić information content (AvgIpc) is 3.16. The molecule has 1 N–H and O–H groups in total. The zero-order valence-corrected chi connectivity index (χ0v) is 14.0. The van der Waals surface area contributed by atoms with E-state index in [2.05, 4.69) is 15.3 Å². The minimum absolute atomic E-state index is 0.431. The lowest BCUT2D eigenvalue weighted by Crippen LogP contribution is -2.30. The van der Waals surface area contributed by atoms with Crippen LogP contribution in [-0.2, 0) is 13.0 Å². The molecule has 0 aromatic carbocycles. The van der Waals surface area contributed by atoms with E-state index in [1.807, 2.05) is 6.20 Å². The predicted octanol–water partition coefficient (Wildman–Crippen LogP) is 1.15. The van der Waals surface area contributed by atoms with Gasteiger partial charge < -0.3 is 14.6 Å². The SMILES string of the molecule is COc1ccnc(Cn2cc(CC3(O)CCSC3)nn2)c1OC. The molecule has 0 radical (unpaired) electrons. The van der Waals surface area contributed by atoms with Gasteiger partial charge in [-0.1, -0.05) is 5.21 Å². The van der Waals surface area contributed by atoms with Crippen molar-refractivity contribution in [2.45, 2.75) is 25.0 Å². The second-order valence-corrected chi connectivity index (χ2v) is 6.71. The highest BCUT2D eigenvalue weighted by Gasteiger charge is 2.32. The number of rotatable bonds is 6. The van der Waals surface area contributed by atoms with E-state index in [0.717, 1.165) is 29.3 Å². The number of pyridine rings is 1. The van der Waals surface area contributed by atoms with Crippen molar-refractivity contribution in [1.82, 2.24) is 20.0 Å². The molecule has 124 valence electrons. The van der Waals surface area contributed by atoms with Crippen LogP contribution < -0.4 is 9.47 Å². The molecule has 3 rings (SSSR count). The summed E-state index contributed by atoms with van der Waals surface area (Å²) >= 11 is 1.77. The first kappa shape index (κ1) is 16.1. The van der Waals surface area contributed by atoms with Gasteiger partial charge in [0.25, 0.3) is 0 Å². The lowest BCUT2D eigenvalue weighted by molar-refractivity contribution is 0.0676. The minimum atomic E-state index is -0.655. The summed E-state index contributed by atoms with van der Waals surface area (Å²) in [6, 6.07) is 1.75. The Morgan fingerprint density at radius 2 is 2.26 bits per heavy atom. The van der Waals surface area contributed by atoms with Gasteiger partial charge in [-0.2, -0.15) is 11.8 Å². The van der Waals surface area contributed by atoms with Gasteiger partial charge in [0, 0.05) is 30.6 Å². The maximum absolute atomic E-state index is 10.4. The van der Waals surface area contributed by atoms with Crippen LogP contribution in [0.2, 0.25) is 0 Å². The first-order valence-corrected chi connectivity index (χ1v) is 8.54. The summed E-state index contributed by atoms with van der Waals surface area (Å²) in [5.74, 6) is 2.98. The third kappa shape index (κ3) is 3.59. The van der Waals surface area contributed by atoms with E-state index in [1.54, 1.807) is 42.9 Å². The standard InChI is InChI=1S/C15H20N4O3S/c1-21-13-3-5-16-12(14(13)22-2)9-19-8-11(17-18-19)7-15(20)4-6-23-10-15/h3,5,8,20H,4,6-7,9-10H2,1-2H3. The fraction of sp³-hybridized carbons (Fsp3) is 0.533. The van der Waals surface area contributed by atoms with Crippen LogP contribution in [0.25, 0.3) is 0 Å². The number of ether oxygens (including phenoxy) is 2. The molecule has 7 nitrogen and oxygen atoms in total. The second kappa shape index (κ2) is 6.76. The van der Waals surface area contributed by atoms with Crippen LogP contribution in [0, 0.1) is 0 Å². The van der Waals surface area contributed by atoms with Crippen molar-refractivity contribution in [1.29, 1.82) is 0 Å². The van der Waals surface area contributed by atoms with Crippen LogP contribution in [-0.4, -0.2) is 56.4 Å². The zero-order valence-electron chi connectivity index (χ0n) is 13.2. The number of hydrogen-bond acceptors (Lipinski definition) is 7. The van der Waals surface area contributed by atoms with Gasteiger partial charge >= 0.3 is 0 Å². The fourth-order valence-corrected chi connectivity index (χ4v) is 3.98. The zero-order chi connectivity index (χ0) is 16.3. The van der Waals surface area contributed by atoms with Crippen molar-refractivity contribution in [2.24, 2.45) is 0 Å². The van der Waals surface area contributed by atoms with Crippen molar-refractivity contribution in [3.05, 3.63) is 29.8 Å². The van der Waals surface area contributed by atoms with Crippen LogP contribution >= 0.6 is 11.8 Å². The predicted molar refractivity (Wildman–Crippen MR) is 87.1 cm³/mol. The lowest BCUT2D eigenvalue weighted by atomic mass is 9.98. The summed E-state index contributed by atoms with van der Waals surface area (Å²) in [5.41, 5.74) is 0.854. The first-order chi connectivity index (χ1) is 11.1. The molecule has 0 aliphatic carbocycles. The fourth-order valence-electron chi connectivity index (χ4n) is 2.69. The number of methoxy groups -OCH3 is 2. The quantitative estimate of drug-likeness (QED) is 0.847. The van der Waals surface area contributed by atoms with Crippen molar-refractivity contribution < 1.29 is 14.6 Å². The summed E-state index contributed by atoms with van der Waals surface area (Å²) in [6.07, 6.45) is 4.85. The number of nitrogens with zero attached hydrogens (tertiary/aromatic N) is 4. The third-order valence-electron chi connectivity index (χ3n) is 3.86. The molecule has 1 saturated heterocycles. The van der Waals surface area contributed by atoms with Gasteiger partial charge in [-0.15, -0.1) is 5.10 Å².